The number of hydrogen-bond acceptors (Lipinski definition) is 7. The van der Waals surface area contributed by atoms with Crippen LogP contribution in [0.1, 0.15) is 21.5 Å². The number of nitrogens with zero attached hydrogens (tertiary/aromatic N) is 1. The fourth-order valence-corrected chi connectivity index (χ4v) is 4.08. The van der Waals surface area contributed by atoms with Crippen LogP contribution in [0.2, 0.25) is 0 Å². The number of halogens is 3. The van der Waals surface area contributed by atoms with Gasteiger partial charge < -0.3 is 21.4 Å². The Morgan fingerprint density at radius 2 is 1.57 bits per heavy atom. The van der Waals surface area contributed by atoms with Crippen molar-refractivity contribution < 1.29 is 46.2 Å². The van der Waals surface area contributed by atoms with Crippen molar-refractivity contribution in [2.24, 2.45) is 16.1 Å². The van der Waals surface area contributed by atoms with E-state index in [9.17, 15) is 36.3 Å². The van der Waals surface area contributed by atoms with Crippen LogP contribution in [0.15, 0.2) is 82.8 Å². The molecule has 15 heteroatoms. The standard InChI is InChI=1S/C23H22N4O5S.C2HF3O2/c24-26-14-16-5-3-4-15(12-16)13-20(23(29)30)27-22(28)18-10-8-17(9-11-18)19-6-1-2-7-21(19)33(25,31)32;3-2(4,5)1(6)7/h1-12,14,20H,13,24H2,(H,27,28)(H,29,30)(H2,25,31,32);(H,6,7)/b26-14-;/t20-;/m0./s1. The number of sulfonamides is 1. The summed E-state index contributed by atoms with van der Waals surface area (Å²) < 4.78 is 55.4. The van der Waals surface area contributed by atoms with E-state index in [1.165, 1.54) is 24.4 Å². The quantitative estimate of drug-likeness (QED) is 0.152. The molecule has 0 radical (unpaired) electrons. The summed E-state index contributed by atoms with van der Waals surface area (Å²) >= 11 is 0. The summed E-state index contributed by atoms with van der Waals surface area (Å²) in [6, 6.07) is 18.2. The maximum absolute atomic E-state index is 12.7. The maximum atomic E-state index is 12.7. The SMILES string of the molecule is N/N=C\c1cccc(C[C@H](NC(=O)c2ccc(-c3ccccc3S(N)(=O)=O)cc2)C(=O)O)c1.O=C(O)C(F)(F)F. The summed E-state index contributed by atoms with van der Waals surface area (Å²) in [5.74, 6) is 0.637. The molecule has 1 atom stereocenters. The molecular formula is C25H23F3N4O7S. The molecule has 212 valence electrons. The van der Waals surface area contributed by atoms with Crippen LogP contribution in [0.4, 0.5) is 13.2 Å². The smallest absolute Gasteiger partial charge is 0.480 e. The van der Waals surface area contributed by atoms with E-state index in [2.05, 4.69) is 10.4 Å². The predicted molar refractivity (Wildman–Crippen MR) is 138 cm³/mol. The monoisotopic (exact) mass is 580 g/mol. The lowest BCUT2D eigenvalue weighted by molar-refractivity contribution is -0.192. The fourth-order valence-electron chi connectivity index (χ4n) is 3.32. The second-order valence-corrected chi connectivity index (χ2v) is 9.54. The number of hydrazone groups is 1. The topological polar surface area (TPSA) is 202 Å². The molecule has 11 nitrogen and oxygen atoms in total. The van der Waals surface area contributed by atoms with E-state index in [1.54, 1.807) is 54.6 Å². The van der Waals surface area contributed by atoms with E-state index in [1.807, 2.05) is 0 Å². The fraction of sp³-hybridized carbons (Fsp3) is 0.120. The van der Waals surface area contributed by atoms with Gasteiger partial charge in [-0.25, -0.2) is 23.1 Å². The van der Waals surface area contributed by atoms with Gasteiger partial charge >= 0.3 is 18.1 Å². The van der Waals surface area contributed by atoms with Gasteiger partial charge in [-0.3, -0.25) is 4.79 Å². The average molecular weight is 581 g/mol. The van der Waals surface area contributed by atoms with Crippen LogP contribution in [-0.2, 0) is 26.0 Å². The molecule has 0 bridgehead atoms. The van der Waals surface area contributed by atoms with Gasteiger partial charge in [0.25, 0.3) is 5.91 Å². The number of rotatable bonds is 8. The van der Waals surface area contributed by atoms with Gasteiger partial charge in [0.05, 0.1) is 11.1 Å². The molecule has 3 aromatic rings. The Labute approximate surface area is 226 Å². The molecule has 40 heavy (non-hydrogen) atoms. The molecular weight excluding hydrogens is 557 g/mol. The Balaban J connectivity index is 0.000000708. The molecule has 0 heterocycles. The predicted octanol–water partition coefficient (Wildman–Crippen LogP) is 2.35. The van der Waals surface area contributed by atoms with Gasteiger partial charge in [0.2, 0.25) is 10.0 Å². The third kappa shape index (κ3) is 9.21. The van der Waals surface area contributed by atoms with E-state index in [-0.39, 0.29) is 16.9 Å². The Bertz CT molecular complexity index is 1510. The van der Waals surface area contributed by atoms with Gasteiger partial charge in [-0.2, -0.15) is 18.3 Å². The van der Waals surface area contributed by atoms with Crippen molar-refractivity contribution in [2.45, 2.75) is 23.5 Å². The van der Waals surface area contributed by atoms with Gasteiger partial charge in [-0.15, -0.1) is 0 Å². The van der Waals surface area contributed by atoms with Crippen LogP contribution in [-0.4, -0.2) is 54.9 Å². The highest BCUT2D eigenvalue weighted by atomic mass is 32.2. The number of carbonyl (C=O) groups excluding carboxylic acids is 1. The van der Waals surface area contributed by atoms with E-state index in [4.69, 9.17) is 20.9 Å². The van der Waals surface area contributed by atoms with Crippen LogP contribution < -0.4 is 16.3 Å². The van der Waals surface area contributed by atoms with Crippen molar-refractivity contribution in [3.63, 3.8) is 0 Å². The van der Waals surface area contributed by atoms with Gasteiger partial charge in [0, 0.05) is 17.5 Å². The maximum Gasteiger partial charge on any atom is 0.490 e. The lowest BCUT2D eigenvalue weighted by Crippen LogP contribution is -2.42. The first-order valence-corrected chi connectivity index (χ1v) is 12.6. The number of primary sulfonamides is 1. The minimum absolute atomic E-state index is 0.0324. The highest BCUT2D eigenvalue weighted by Crippen LogP contribution is 2.26. The molecule has 7 N–H and O–H groups in total. The normalized spacial score (nSPS) is 12.2. The highest BCUT2D eigenvalue weighted by molar-refractivity contribution is 7.89. The van der Waals surface area contributed by atoms with Crippen molar-refractivity contribution in [3.8, 4) is 11.1 Å². The van der Waals surface area contributed by atoms with Crippen molar-refractivity contribution in [3.05, 3.63) is 89.5 Å². The summed E-state index contributed by atoms with van der Waals surface area (Å²) in [5, 5.41) is 27.9. The zero-order chi connectivity index (χ0) is 30.1. The van der Waals surface area contributed by atoms with Gasteiger partial charge in [-0.1, -0.05) is 54.6 Å². The number of hydrogen-bond donors (Lipinski definition) is 5. The Morgan fingerprint density at radius 3 is 2.10 bits per heavy atom. The molecule has 0 aliphatic rings. The van der Waals surface area contributed by atoms with Crippen LogP contribution in [0.25, 0.3) is 11.1 Å². The number of alkyl halides is 3. The minimum Gasteiger partial charge on any atom is -0.480 e. The van der Waals surface area contributed by atoms with Gasteiger partial charge in [0.1, 0.15) is 6.04 Å². The van der Waals surface area contributed by atoms with Gasteiger partial charge in [0.15, 0.2) is 0 Å². The summed E-state index contributed by atoms with van der Waals surface area (Å²) in [4.78, 5) is 33.3. The molecule has 0 aromatic heterocycles. The number of benzene rings is 3. The molecule has 0 spiro atoms. The number of carbonyl (C=O) groups is 3. The number of carboxylic acid groups (broad SMARTS) is 2. The van der Waals surface area contributed by atoms with E-state index in [0.29, 0.717) is 22.3 Å². The van der Waals surface area contributed by atoms with E-state index in [0.717, 1.165) is 0 Å². The van der Waals surface area contributed by atoms with Crippen LogP contribution in [0, 0.1) is 0 Å². The van der Waals surface area contributed by atoms with Crippen LogP contribution in [0.5, 0.6) is 0 Å². The first-order valence-electron chi connectivity index (χ1n) is 11.0. The zero-order valence-corrected chi connectivity index (χ0v) is 21.2. The molecule has 3 aromatic carbocycles. The molecule has 0 aliphatic heterocycles. The number of carboxylic acids is 2. The Hall–Kier alpha value is -4.76. The van der Waals surface area contributed by atoms with E-state index < -0.39 is 40.1 Å². The molecule has 0 unspecified atom stereocenters. The van der Waals surface area contributed by atoms with Crippen LogP contribution >= 0.6 is 0 Å². The number of amides is 1. The largest absolute Gasteiger partial charge is 0.490 e. The zero-order valence-electron chi connectivity index (χ0n) is 20.4. The van der Waals surface area contributed by atoms with Crippen molar-refractivity contribution >= 4 is 34.1 Å². The second-order valence-electron chi connectivity index (χ2n) is 8.01. The Morgan fingerprint density at radius 1 is 0.975 bits per heavy atom. The molecule has 1 amide bonds. The van der Waals surface area contributed by atoms with Crippen LogP contribution in [0.3, 0.4) is 0 Å². The molecule has 0 aliphatic carbocycles. The lowest BCUT2D eigenvalue weighted by Gasteiger charge is -2.15. The molecule has 3 rings (SSSR count). The number of aliphatic carboxylic acids is 2. The molecule has 0 fully saturated rings. The first-order chi connectivity index (χ1) is 18.6. The average Bonchev–Trinajstić information content (AvgIpc) is 2.88. The summed E-state index contributed by atoms with van der Waals surface area (Å²) in [5.41, 5.74) is 2.57. The summed E-state index contributed by atoms with van der Waals surface area (Å²) in [6.07, 6.45) is -3.58. The second kappa shape index (κ2) is 13.3. The third-order valence-corrected chi connectivity index (χ3v) is 6.08. The molecule has 0 saturated heterocycles. The van der Waals surface area contributed by atoms with Crippen molar-refractivity contribution in [1.82, 2.24) is 5.32 Å². The number of nitrogens with one attached hydrogen (secondary N) is 1. The first kappa shape index (κ1) is 31.5. The third-order valence-electron chi connectivity index (χ3n) is 5.11. The van der Waals surface area contributed by atoms with Crippen molar-refractivity contribution in [2.75, 3.05) is 0 Å². The molecule has 0 saturated carbocycles. The lowest BCUT2D eigenvalue weighted by atomic mass is 10.0. The minimum atomic E-state index is -5.08. The van der Waals surface area contributed by atoms with E-state index >= 15 is 0 Å². The van der Waals surface area contributed by atoms with Gasteiger partial charge in [-0.05, 0) is 34.9 Å². The van der Waals surface area contributed by atoms with Crippen molar-refractivity contribution in [1.29, 1.82) is 0 Å². The summed E-state index contributed by atoms with van der Waals surface area (Å²) in [7, 11) is -3.93. The highest BCUT2D eigenvalue weighted by Gasteiger charge is 2.38. The summed E-state index contributed by atoms with van der Waals surface area (Å²) in [6.45, 7) is 0. The number of nitrogens with two attached hydrogens (primary N) is 2. The Kier molecular flexibility index (Phi) is 10.5.